The summed E-state index contributed by atoms with van der Waals surface area (Å²) in [5.41, 5.74) is 3.10. The second-order valence-corrected chi connectivity index (χ2v) is 5.38. The lowest BCUT2D eigenvalue weighted by atomic mass is 10.1. The number of hydrogen-bond acceptors (Lipinski definition) is 3. The third-order valence-corrected chi connectivity index (χ3v) is 3.94. The van der Waals surface area contributed by atoms with E-state index >= 15 is 0 Å². The van der Waals surface area contributed by atoms with Crippen LogP contribution in [-0.4, -0.2) is 11.5 Å². The Morgan fingerprint density at radius 1 is 1.25 bits per heavy atom. The summed E-state index contributed by atoms with van der Waals surface area (Å²) in [5.74, 6) is 0. The van der Waals surface area contributed by atoms with Gasteiger partial charge < -0.3 is 5.32 Å². The summed E-state index contributed by atoms with van der Waals surface area (Å²) in [4.78, 5) is 10.6. The van der Waals surface area contributed by atoms with Gasteiger partial charge in [0.15, 0.2) is 0 Å². The summed E-state index contributed by atoms with van der Waals surface area (Å²) in [7, 11) is 0. The molecule has 0 amide bonds. The molecule has 0 atom stereocenters. The monoisotopic (exact) mass is 334 g/mol. The van der Waals surface area contributed by atoms with Crippen molar-refractivity contribution in [3.05, 3.63) is 68.2 Å². The molecule has 20 heavy (non-hydrogen) atoms. The Hall–Kier alpha value is -1.88. The quantitative estimate of drug-likeness (QED) is 0.654. The molecule has 0 saturated carbocycles. The predicted molar refractivity (Wildman–Crippen MR) is 84.2 cm³/mol. The summed E-state index contributed by atoms with van der Waals surface area (Å²) >= 11 is 3.48. The smallest absolute Gasteiger partial charge is 0.272 e. The van der Waals surface area contributed by atoms with Gasteiger partial charge in [0.05, 0.1) is 4.92 Å². The van der Waals surface area contributed by atoms with E-state index < -0.39 is 0 Å². The number of nitrogens with one attached hydrogen (secondary N) is 1. The molecule has 104 valence electrons. The molecule has 0 unspecified atom stereocenters. The summed E-state index contributed by atoms with van der Waals surface area (Å²) < 4.78 is 1.05. The third kappa shape index (κ3) is 3.57. The van der Waals surface area contributed by atoms with Crippen molar-refractivity contribution < 1.29 is 4.92 Å². The first-order chi connectivity index (χ1) is 9.58. The fourth-order valence-corrected chi connectivity index (χ4v) is 2.32. The third-order valence-electron chi connectivity index (χ3n) is 3.08. The van der Waals surface area contributed by atoms with E-state index in [-0.39, 0.29) is 10.6 Å². The highest BCUT2D eigenvalue weighted by atomic mass is 79.9. The van der Waals surface area contributed by atoms with E-state index in [0.717, 1.165) is 15.7 Å². The molecule has 0 spiro atoms. The second kappa shape index (κ2) is 6.52. The second-order valence-electron chi connectivity index (χ2n) is 4.53. The predicted octanol–water partition coefficient (Wildman–Crippen LogP) is 4.32. The molecule has 0 aliphatic carbocycles. The molecule has 0 aliphatic heterocycles. The zero-order valence-corrected chi connectivity index (χ0v) is 12.7. The Morgan fingerprint density at radius 3 is 2.70 bits per heavy atom. The lowest BCUT2D eigenvalue weighted by molar-refractivity contribution is -0.385. The Bertz CT molecular complexity index is 629. The van der Waals surface area contributed by atoms with Crippen molar-refractivity contribution >= 4 is 27.3 Å². The minimum absolute atomic E-state index is 0.180. The van der Waals surface area contributed by atoms with E-state index in [4.69, 9.17) is 0 Å². The van der Waals surface area contributed by atoms with Crippen LogP contribution in [0.3, 0.4) is 0 Å². The van der Waals surface area contributed by atoms with Gasteiger partial charge in [-0.3, -0.25) is 10.1 Å². The van der Waals surface area contributed by atoms with Crippen LogP contribution >= 0.6 is 15.9 Å². The van der Waals surface area contributed by atoms with Gasteiger partial charge in [0, 0.05) is 28.3 Å². The van der Waals surface area contributed by atoms with Crippen molar-refractivity contribution in [3.63, 3.8) is 0 Å². The van der Waals surface area contributed by atoms with E-state index in [1.54, 1.807) is 12.1 Å². The Balaban J connectivity index is 1.99. The van der Waals surface area contributed by atoms with E-state index in [2.05, 4.69) is 21.2 Å². The molecule has 2 aromatic carbocycles. The number of benzene rings is 2. The van der Waals surface area contributed by atoms with Crippen molar-refractivity contribution in [2.75, 3.05) is 11.9 Å². The molecule has 2 rings (SSSR count). The number of nitrogens with zero attached hydrogens (tertiary/aromatic N) is 1. The molecule has 1 N–H and O–H groups in total. The number of aryl methyl sites for hydroxylation is 1. The van der Waals surface area contributed by atoms with Crippen LogP contribution in [0.1, 0.15) is 11.1 Å². The molecule has 0 saturated heterocycles. The molecule has 5 heteroatoms. The van der Waals surface area contributed by atoms with E-state index in [0.29, 0.717) is 13.0 Å². The first kappa shape index (κ1) is 14.5. The minimum atomic E-state index is -0.336. The topological polar surface area (TPSA) is 55.2 Å². The van der Waals surface area contributed by atoms with Crippen LogP contribution in [0.5, 0.6) is 0 Å². The highest BCUT2D eigenvalue weighted by Crippen LogP contribution is 2.21. The molecule has 0 radical (unpaired) electrons. The van der Waals surface area contributed by atoms with Crippen LogP contribution in [0, 0.1) is 17.0 Å². The van der Waals surface area contributed by atoms with Crippen molar-refractivity contribution in [1.29, 1.82) is 0 Å². The van der Waals surface area contributed by atoms with Crippen LogP contribution in [0.15, 0.2) is 46.9 Å². The fraction of sp³-hybridized carbons (Fsp3) is 0.200. The first-order valence-electron chi connectivity index (χ1n) is 6.30. The normalized spacial score (nSPS) is 10.3. The molecular formula is C15H15BrN2O2. The van der Waals surface area contributed by atoms with Crippen molar-refractivity contribution in [2.24, 2.45) is 0 Å². The first-order valence-corrected chi connectivity index (χ1v) is 7.09. The number of nitro benzene ring substituents is 1. The van der Waals surface area contributed by atoms with Gasteiger partial charge in [-0.25, -0.2) is 0 Å². The Labute approximate surface area is 126 Å². The van der Waals surface area contributed by atoms with Crippen molar-refractivity contribution in [3.8, 4) is 0 Å². The average Bonchev–Trinajstić information content (AvgIpc) is 2.43. The van der Waals surface area contributed by atoms with Gasteiger partial charge in [0.1, 0.15) is 0 Å². The van der Waals surface area contributed by atoms with Crippen LogP contribution in [0.4, 0.5) is 11.4 Å². The van der Waals surface area contributed by atoms with Crippen molar-refractivity contribution in [1.82, 2.24) is 0 Å². The fourth-order valence-electron chi connectivity index (χ4n) is 1.94. The van der Waals surface area contributed by atoms with E-state index in [9.17, 15) is 10.1 Å². The van der Waals surface area contributed by atoms with Crippen LogP contribution < -0.4 is 5.32 Å². The average molecular weight is 335 g/mol. The van der Waals surface area contributed by atoms with Crippen LogP contribution in [0.25, 0.3) is 0 Å². The maximum absolute atomic E-state index is 10.9. The van der Waals surface area contributed by atoms with E-state index in [1.165, 1.54) is 11.6 Å². The largest absolute Gasteiger partial charge is 0.385 e. The molecule has 4 nitrogen and oxygen atoms in total. The standard InChI is InChI=1S/C15H15BrN2O2/c1-11-6-7-13(10-14(11)16)17-9-8-12-4-2-3-5-15(12)18(19)20/h2-7,10,17H,8-9H2,1H3. The number of nitro groups is 1. The SMILES string of the molecule is Cc1ccc(NCCc2ccccc2[N+](=O)[O-])cc1Br. The van der Waals surface area contributed by atoms with E-state index in [1.807, 2.05) is 31.2 Å². The molecule has 0 aromatic heterocycles. The zero-order valence-electron chi connectivity index (χ0n) is 11.1. The van der Waals surface area contributed by atoms with Gasteiger partial charge in [-0.05, 0) is 31.0 Å². The molecule has 2 aromatic rings. The molecule has 0 aliphatic rings. The number of hydrogen-bond donors (Lipinski definition) is 1. The summed E-state index contributed by atoms with van der Waals surface area (Å²) in [6.45, 7) is 2.68. The highest BCUT2D eigenvalue weighted by Gasteiger charge is 2.11. The lowest BCUT2D eigenvalue weighted by Crippen LogP contribution is -2.06. The van der Waals surface area contributed by atoms with Gasteiger partial charge >= 0.3 is 0 Å². The Morgan fingerprint density at radius 2 is 2.00 bits per heavy atom. The summed E-state index contributed by atoms with van der Waals surface area (Å²) in [6.07, 6.45) is 0.614. The number of anilines is 1. The molecule has 0 bridgehead atoms. The summed E-state index contributed by atoms with van der Waals surface area (Å²) in [5, 5.41) is 14.2. The maximum Gasteiger partial charge on any atom is 0.272 e. The number of halogens is 1. The molecule has 0 heterocycles. The van der Waals surface area contributed by atoms with Gasteiger partial charge in [-0.1, -0.05) is 40.2 Å². The summed E-state index contributed by atoms with van der Waals surface area (Å²) in [6, 6.07) is 12.9. The zero-order chi connectivity index (χ0) is 14.5. The molecular weight excluding hydrogens is 320 g/mol. The van der Waals surface area contributed by atoms with Crippen LogP contribution in [-0.2, 0) is 6.42 Å². The molecule has 0 fully saturated rings. The van der Waals surface area contributed by atoms with Gasteiger partial charge in [-0.15, -0.1) is 0 Å². The lowest BCUT2D eigenvalue weighted by Gasteiger charge is -2.08. The van der Waals surface area contributed by atoms with Crippen molar-refractivity contribution in [2.45, 2.75) is 13.3 Å². The minimum Gasteiger partial charge on any atom is -0.385 e. The highest BCUT2D eigenvalue weighted by molar-refractivity contribution is 9.10. The number of rotatable bonds is 5. The van der Waals surface area contributed by atoms with Gasteiger partial charge in [-0.2, -0.15) is 0 Å². The maximum atomic E-state index is 10.9. The Kier molecular flexibility index (Phi) is 4.74. The van der Waals surface area contributed by atoms with Gasteiger partial charge in [0.2, 0.25) is 0 Å². The van der Waals surface area contributed by atoms with Gasteiger partial charge in [0.25, 0.3) is 5.69 Å². The van der Waals surface area contributed by atoms with Crippen LogP contribution in [0.2, 0.25) is 0 Å². The number of para-hydroxylation sites is 1.